The van der Waals surface area contributed by atoms with Crippen LogP contribution in [-0.2, 0) is 4.79 Å². The second-order valence-corrected chi connectivity index (χ2v) is 5.88. The van der Waals surface area contributed by atoms with Gasteiger partial charge in [0, 0.05) is 26.2 Å². The number of amides is 1. The molecule has 0 fully saturated rings. The molecular formula is C17H28N2O. The predicted molar refractivity (Wildman–Crippen MR) is 86.0 cm³/mol. The minimum Gasteiger partial charge on any atom is -0.378 e. The Morgan fingerprint density at radius 3 is 2.25 bits per heavy atom. The molecule has 0 bridgehead atoms. The van der Waals surface area contributed by atoms with Crippen molar-refractivity contribution >= 4 is 11.6 Å². The molecule has 1 rings (SSSR count). The Morgan fingerprint density at radius 2 is 1.80 bits per heavy atom. The zero-order valence-corrected chi connectivity index (χ0v) is 13.4. The van der Waals surface area contributed by atoms with Crippen LogP contribution in [0.1, 0.15) is 51.6 Å². The zero-order chi connectivity index (χ0) is 15.1. The average Bonchev–Trinajstić information content (AvgIpc) is 2.42. The predicted octanol–water partition coefficient (Wildman–Crippen LogP) is 3.76. The summed E-state index contributed by atoms with van der Waals surface area (Å²) in [6.07, 6.45) is 2.63. The zero-order valence-electron chi connectivity index (χ0n) is 13.4. The second-order valence-electron chi connectivity index (χ2n) is 5.88. The number of anilines is 1. The molecule has 0 radical (unpaired) electrons. The van der Waals surface area contributed by atoms with Crippen molar-refractivity contribution in [2.45, 2.75) is 46.1 Å². The third-order valence-electron chi connectivity index (χ3n) is 3.51. The van der Waals surface area contributed by atoms with Gasteiger partial charge in [0.05, 0.1) is 6.04 Å². The van der Waals surface area contributed by atoms with Crippen molar-refractivity contribution in [3.05, 3.63) is 29.8 Å². The van der Waals surface area contributed by atoms with E-state index in [1.54, 1.807) is 0 Å². The lowest BCUT2D eigenvalue weighted by Gasteiger charge is -2.24. The van der Waals surface area contributed by atoms with Gasteiger partial charge < -0.3 is 10.2 Å². The molecule has 0 aliphatic rings. The van der Waals surface area contributed by atoms with Crippen molar-refractivity contribution in [1.29, 1.82) is 0 Å². The van der Waals surface area contributed by atoms with Crippen molar-refractivity contribution in [3.8, 4) is 0 Å². The number of unbranched alkanes of at least 4 members (excludes halogenated alkanes) is 1. The molecule has 1 amide bonds. The van der Waals surface area contributed by atoms with Crippen LogP contribution in [0.15, 0.2) is 24.3 Å². The van der Waals surface area contributed by atoms with E-state index in [-0.39, 0.29) is 11.9 Å². The van der Waals surface area contributed by atoms with Gasteiger partial charge in [-0.25, -0.2) is 0 Å². The molecule has 20 heavy (non-hydrogen) atoms. The number of carbonyl (C=O) groups excluding carboxylic acids is 1. The Kier molecular flexibility index (Phi) is 6.56. The molecule has 0 aliphatic carbocycles. The number of carbonyl (C=O) groups is 1. The van der Waals surface area contributed by atoms with E-state index in [9.17, 15) is 4.79 Å². The molecule has 1 aromatic carbocycles. The lowest BCUT2D eigenvalue weighted by atomic mass is 9.95. The minimum absolute atomic E-state index is 0.0931. The van der Waals surface area contributed by atoms with Crippen LogP contribution in [-0.4, -0.2) is 20.0 Å². The summed E-state index contributed by atoms with van der Waals surface area (Å²) in [5.74, 6) is 0.535. The van der Waals surface area contributed by atoms with Crippen molar-refractivity contribution in [2.24, 2.45) is 5.92 Å². The van der Waals surface area contributed by atoms with Crippen LogP contribution in [0.5, 0.6) is 0 Å². The molecule has 1 unspecified atom stereocenters. The van der Waals surface area contributed by atoms with E-state index in [0.717, 1.165) is 12.8 Å². The molecule has 3 heteroatoms. The van der Waals surface area contributed by atoms with E-state index in [0.29, 0.717) is 12.3 Å². The fraction of sp³-hybridized carbons (Fsp3) is 0.588. The molecule has 1 N–H and O–H groups in total. The molecule has 0 spiro atoms. The van der Waals surface area contributed by atoms with Crippen LogP contribution in [0, 0.1) is 5.92 Å². The van der Waals surface area contributed by atoms with Crippen LogP contribution in [0.2, 0.25) is 0 Å². The van der Waals surface area contributed by atoms with Crippen LogP contribution < -0.4 is 10.2 Å². The van der Waals surface area contributed by atoms with Gasteiger partial charge in [-0.15, -0.1) is 0 Å². The highest BCUT2D eigenvalue weighted by molar-refractivity contribution is 5.76. The van der Waals surface area contributed by atoms with E-state index in [2.05, 4.69) is 55.3 Å². The Hall–Kier alpha value is -1.51. The molecule has 3 nitrogen and oxygen atoms in total. The highest BCUT2D eigenvalue weighted by Crippen LogP contribution is 2.24. The summed E-state index contributed by atoms with van der Waals surface area (Å²) >= 11 is 0. The van der Waals surface area contributed by atoms with E-state index in [1.165, 1.54) is 11.3 Å². The van der Waals surface area contributed by atoms with Crippen LogP contribution >= 0.6 is 0 Å². The Morgan fingerprint density at radius 1 is 1.20 bits per heavy atom. The van der Waals surface area contributed by atoms with E-state index in [4.69, 9.17) is 0 Å². The molecule has 0 aliphatic heterocycles. The van der Waals surface area contributed by atoms with Crippen molar-refractivity contribution in [1.82, 2.24) is 5.32 Å². The monoisotopic (exact) mass is 276 g/mol. The normalized spacial score (nSPS) is 12.3. The number of benzene rings is 1. The Balaban J connectivity index is 2.77. The topological polar surface area (TPSA) is 32.3 Å². The van der Waals surface area contributed by atoms with E-state index in [1.807, 2.05) is 14.1 Å². The van der Waals surface area contributed by atoms with Gasteiger partial charge in [-0.2, -0.15) is 0 Å². The van der Waals surface area contributed by atoms with Gasteiger partial charge in [0.15, 0.2) is 0 Å². The van der Waals surface area contributed by atoms with Gasteiger partial charge in [-0.05, 0) is 30.0 Å². The van der Waals surface area contributed by atoms with Gasteiger partial charge in [0.25, 0.3) is 0 Å². The summed E-state index contributed by atoms with van der Waals surface area (Å²) in [6.45, 7) is 6.39. The lowest BCUT2D eigenvalue weighted by molar-refractivity contribution is -0.122. The van der Waals surface area contributed by atoms with Gasteiger partial charge >= 0.3 is 0 Å². The lowest BCUT2D eigenvalue weighted by Crippen LogP contribution is -2.31. The first-order chi connectivity index (χ1) is 9.45. The molecule has 0 aromatic heterocycles. The standard InChI is InChI=1S/C17H28N2O/c1-6-7-8-16(20)18-17(13(2)3)14-9-11-15(12-10-14)19(4)5/h9-13,17H,6-8H2,1-5H3,(H,18,20). The molecule has 1 atom stereocenters. The fourth-order valence-electron chi connectivity index (χ4n) is 2.20. The second kappa shape index (κ2) is 7.93. The third-order valence-corrected chi connectivity index (χ3v) is 3.51. The van der Waals surface area contributed by atoms with E-state index >= 15 is 0 Å². The first-order valence-electron chi connectivity index (χ1n) is 7.52. The Labute approximate surface area is 123 Å². The number of hydrogen-bond acceptors (Lipinski definition) is 2. The summed E-state index contributed by atoms with van der Waals surface area (Å²) in [7, 11) is 4.06. The molecular weight excluding hydrogens is 248 g/mol. The number of hydrogen-bond donors (Lipinski definition) is 1. The number of nitrogens with one attached hydrogen (secondary N) is 1. The minimum atomic E-state index is 0.0931. The highest BCUT2D eigenvalue weighted by atomic mass is 16.1. The van der Waals surface area contributed by atoms with Gasteiger partial charge in [-0.3, -0.25) is 4.79 Å². The van der Waals surface area contributed by atoms with E-state index < -0.39 is 0 Å². The summed E-state index contributed by atoms with van der Waals surface area (Å²) < 4.78 is 0. The third kappa shape index (κ3) is 4.87. The van der Waals surface area contributed by atoms with Crippen LogP contribution in [0.3, 0.4) is 0 Å². The molecule has 0 heterocycles. The van der Waals surface area contributed by atoms with Crippen molar-refractivity contribution in [3.63, 3.8) is 0 Å². The molecule has 0 saturated heterocycles. The quantitative estimate of drug-likeness (QED) is 0.822. The Bertz CT molecular complexity index is 410. The van der Waals surface area contributed by atoms with Gasteiger partial charge in [0.2, 0.25) is 5.91 Å². The average molecular weight is 276 g/mol. The first kappa shape index (κ1) is 16.5. The smallest absolute Gasteiger partial charge is 0.220 e. The highest BCUT2D eigenvalue weighted by Gasteiger charge is 2.18. The van der Waals surface area contributed by atoms with Crippen LogP contribution in [0.25, 0.3) is 0 Å². The maximum absolute atomic E-state index is 11.9. The summed E-state index contributed by atoms with van der Waals surface area (Å²) in [6, 6.07) is 8.52. The molecule has 112 valence electrons. The summed E-state index contributed by atoms with van der Waals surface area (Å²) in [4.78, 5) is 14.0. The van der Waals surface area contributed by atoms with Crippen LogP contribution in [0.4, 0.5) is 5.69 Å². The maximum Gasteiger partial charge on any atom is 0.220 e. The fourth-order valence-corrected chi connectivity index (χ4v) is 2.20. The SMILES string of the molecule is CCCCC(=O)NC(c1ccc(N(C)C)cc1)C(C)C. The molecule has 1 aromatic rings. The van der Waals surface area contributed by atoms with Crippen molar-refractivity contribution in [2.75, 3.05) is 19.0 Å². The molecule has 0 saturated carbocycles. The number of nitrogens with zero attached hydrogens (tertiary/aromatic N) is 1. The maximum atomic E-state index is 11.9. The summed E-state index contributed by atoms with van der Waals surface area (Å²) in [5.41, 5.74) is 2.35. The first-order valence-corrected chi connectivity index (χ1v) is 7.52. The van der Waals surface area contributed by atoms with Gasteiger partial charge in [0.1, 0.15) is 0 Å². The summed E-state index contributed by atoms with van der Waals surface area (Å²) in [5, 5.41) is 3.16. The largest absolute Gasteiger partial charge is 0.378 e. The van der Waals surface area contributed by atoms with Gasteiger partial charge in [-0.1, -0.05) is 39.3 Å². The van der Waals surface area contributed by atoms with Crippen molar-refractivity contribution < 1.29 is 4.79 Å². The number of rotatable bonds is 7.